The van der Waals surface area contributed by atoms with Gasteiger partial charge in [-0.15, -0.1) is 0 Å². The Morgan fingerprint density at radius 1 is 1.00 bits per heavy atom. The molecule has 0 spiro atoms. The number of carbonyl (C=O) groups is 2. The van der Waals surface area contributed by atoms with Gasteiger partial charge in [0.2, 0.25) is 11.8 Å². The largest absolute Gasteiger partial charge is 0.493 e. The smallest absolute Gasteiger partial charge is 0.239 e. The Balaban J connectivity index is 1.84. The van der Waals surface area contributed by atoms with E-state index in [-0.39, 0.29) is 24.3 Å². The van der Waals surface area contributed by atoms with Gasteiger partial charge in [0.15, 0.2) is 11.5 Å². The normalized spacial score (nSPS) is 11.6. The predicted octanol–water partition coefficient (Wildman–Crippen LogP) is 1.99. The van der Waals surface area contributed by atoms with Crippen molar-refractivity contribution in [3.05, 3.63) is 59.7 Å². The molecule has 0 heterocycles. The van der Waals surface area contributed by atoms with Crippen LogP contribution in [0.25, 0.3) is 0 Å². The highest BCUT2D eigenvalue weighted by molar-refractivity contribution is 5.87. The van der Waals surface area contributed by atoms with Gasteiger partial charge in [0.05, 0.1) is 19.7 Å². The summed E-state index contributed by atoms with van der Waals surface area (Å²) in [6.07, 6.45) is 0. The molecule has 4 N–H and O–H groups in total. The number of hydrogen-bond acceptors (Lipinski definition) is 5. The number of hydrogen-bond donors (Lipinski definition) is 3. The monoisotopic (exact) mass is 399 g/mol. The summed E-state index contributed by atoms with van der Waals surface area (Å²) in [4.78, 5) is 23.8. The standard InChI is InChI=1S/C22H29N3O4/c1-15(2)21(23)22(27)25-13-20(26)24-12-17-9-10-18(19(11-17)28-3)29-14-16-7-5-4-6-8-16/h4-11,15,21H,12-14,23H2,1-3H3,(H,24,26)(H,25,27)/t21-/m0/s1. The van der Waals surface area contributed by atoms with Crippen LogP contribution in [0.5, 0.6) is 11.5 Å². The zero-order chi connectivity index (χ0) is 21.2. The molecule has 0 aromatic heterocycles. The summed E-state index contributed by atoms with van der Waals surface area (Å²) in [7, 11) is 1.57. The summed E-state index contributed by atoms with van der Waals surface area (Å²) in [5, 5.41) is 5.30. The first-order valence-electron chi connectivity index (χ1n) is 9.54. The molecule has 2 rings (SSSR count). The maximum Gasteiger partial charge on any atom is 0.239 e. The molecule has 0 bridgehead atoms. The first kappa shape index (κ1) is 22.2. The van der Waals surface area contributed by atoms with Crippen LogP contribution in [0.4, 0.5) is 0 Å². The lowest BCUT2D eigenvalue weighted by atomic mass is 10.1. The fourth-order valence-corrected chi connectivity index (χ4v) is 2.53. The van der Waals surface area contributed by atoms with Crippen molar-refractivity contribution in [2.45, 2.75) is 33.0 Å². The van der Waals surface area contributed by atoms with Gasteiger partial charge in [-0.05, 0) is 29.2 Å². The van der Waals surface area contributed by atoms with E-state index >= 15 is 0 Å². The Morgan fingerprint density at radius 2 is 1.72 bits per heavy atom. The van der Waals surface area contributed by atoms with Gasteiger partial charge in [-0.2, -0.15) is 0 Å². The fraction of sp³-hybridized carbons (Fsp3) is 0.364. The van der Waals surface area contributed by atoms with E-state index in [1.807, 2.05) is 62.4 Å². The number of ether oxygens (including phenoxy) is 2. The first-order valence-corrected chi connectivity index (χ1v) is 9.54. The summed E-state index contributed by atoms with van der Waals surface area (Å²) in [5.41, 5.74) is 7.66. The van der Waals surface area contributed by atoms with Crippen molar-refractivity contribution in [1.29, 1.82) is 0 Å². The summed E-state index contributed by atoms with van der Waals surface area (Å²) in [6.45, 7) is 4.33. The summed E-state index contributed by atoms with van der Waals surface area (Å²) >= 11 is 0. The maximum atomic E-state index is 12.0. The first-order chi connectivity index (χ1) is 13.9. The van der Waals surface area contributed by atoms with Gasteiger partial charge >= 0.3 is 0 Å². The highest BCUT2D eigenvalue weighted by Crippen LogP contribution is 2.28. The van der Waals surface area contributed by atoms with Gasteiger partial charge in [-0.25, -0.2) is 0 Å². The third-order valence-corrected chi connectivity index (χ3v) is 4.40. The third-order valence-electron chi connectivity index (χ3n) is 4.40. The molecule has 0 aliphatic heterocycles. The van der Waals surface area contributed by atoms with E-state index in [0.29, 0.717) is 24.7 Å². The Hall–Kier alpha value is -3.06. The minimum absolute atomic E-state index is 0.00755. The second-order valence-electron chi connectivity index (χ2n) is 7.02. The van der Waals surface area contributed by atoms with Crippen LogP contribution in [0.2, 0.25) is 0 Å². The van der Waals surface area contributed by atoms with Crippen LogP contribution in [-0.4, -0.2) is 31.5 Å². The van der Waals surface area contributed by atoms with E-state index in [1.54, 1.807) is 7.11 Å². The topological polar surface area (TPSA) is 103 Å². The maximum absolute atomic E-state index is 12.0. The second-order valence-corrected chi connectivity index (χ2v) is 7.02. The molecule has 0 aliphatic carbocycles. The molecule has 29 heavy (non-hydrogen) atoms. The van der Waals surface area contributed by atoms with E-state index in [1.165, 1.54) is 0 Å². The lowest BCUT2D eigenvalue weighted by Crippen LogP contribution is -2.47. The molecule has 2 amide bonds. The Morgan fingerprint density at radius 3 is 2.38 bits per heavy atom. The average Bonchev–Trinajstić information content (AvgIpc) is 2.74. The molecule has 0 saturated heterocycles. The van der Waals surface area contributed by atoms with E-state index < -0.39 is 6.04 Å². The number of nitrogens with one attached hydrogen (secondary N) is 2. The molecule has 0 fully saturated rings. The number of benzene rings is 2. The van der Waals surface area contributed by atoms with Crippen molar-refractivity contribution < 1.29 is 19.1 Å². The van der Waals surface area contributed by atoms with Crippen molar-refractivity contribution in [2.24, 2.45) is 11.7 Å². The van der Waals surface area contributed by atoms with Gasteiger partial charge in [0, 0.05) is 6.54 Å². The van der Waals surface area contributed by atoms with Gasteiger partial charge in [-0.3, -0.25) is 9.59 Å². The molecule has 0 aliphatic rings. The van der Waals surface area contributed by atoms with Crippen molar-refractivity contribution >= 4 is 11.8 Å². The molecule has 0 unspecified atom stereocenters. The highest BCUT2D eigenvalue weighted by atomic mass is 16.5. The fourth-order valence-electron chi connectivity index (χ4n) is 2.53. The van der Waals surface area contributed by atoms with Crippen LogP contribution in [0, 0.1) is 5.92 Å². The zero-order valence-electron chi connectivity index (χ0n) is 17.1. The zero-order valence-corrected chi connectivity index (χ0v) is 17.1. The summed E-state index contributed by atoms with van der Waals surface area (Å²) < 4.78 is 11.2. The Bertz CT molecular complexity index is 809. The second kappa shape index (κ2) is 11.1. The third kappa shape index (κ3) is 7.12. The molecule has 7 heteroatoms. The lowest BCUT2D eigenvalue weighted by Gasteiger charge is -2.15. The Labute approximate surface area is 171 Å². The van der Waals surface area contributed by atoms with Crippen LogP contribution in [-0.2, 0) is 22.7 Å². The minimum Gasteiger partial charge on any atom is -0.493 e. The quantitative estimate of drug-likeness (QED) is 0.567. The number of carbonyl (C=O) groups excluding carboxylic acids is 2. The average molecular weight is 399 g/mol. The van der Waals surface area contributed by atoms with Crippen LogP contribution in [0.1, 0.15) is 25.0 Å². The minimum atomic E-state index is -0.629. The Kier molecular flexibility index (Phi) is 8.48. The van der Waals surface area contributed by atoms with Gasteiger partial charge in [0.1, 0.15) is 6.61 Å². The molecule has 1 atom stereocenters. The van der Waals surface area contributed by atoms with E-state index in [2.05, 4.69) is 10.6 Å². The van der Waals surface area contributed by atoms with Crippen LogP contribution < -0.4 is 25.8 Å². The number of nitrogens with two attached hydrogens (primary N) is 1. The van der Waals surface area contributed by atoms with Crippen molar-refractivity contribution in [3.63, 3.8) is 0 Å². The molecular weight excluding hydrogens is 370 g/mol. The molecule has 0 radical (unpaired) electrons. The van der Waals surface area contributed by atoms with Crippen LogP contribution >= 0.6 is 0 Å². The number of rotatable bonds is 10. The van der Waals surface area contributed by atoms with Gasteiger partial charge in [0.25, 0.3) is 0 Å². The van der Waals surface area contributed by atoms with Crippen molar-refractivity contribution in [1.82, 2.24) is 10.6 Å². The van der Waals surface area contributed by atoms with E-state index in [4.69, 9.17) is 15.2 Å². The summed E-state index contributed by atoms with van der Waals surface area (Å²) in [5.74, 6) is 0.591. The SMILES string of the molecule is COc1cc(CNC(=O)CNC(=O)[C@@H](N)C(C)C)ccc1OCc1ccccc1. The molecule has 2 aromatic rings. The van der Waals surface area contributed by atoms with Crippen molar-refractivity contribution in [2.75, 3.05) is 13.7 Å². The predicted molar refractivity (Wildman–Crippen MR) is 111 cm³/mol. The molecule has 0 saturated carbocycles. The van der Waals surface area contributed by atoms with Crippen LogP contribution in [0.15, 0.2) is 48.5 Å². The van der Waals surface area contributed by atoms with Gasteiger partial charge < -0.3 is 25.8 Å². The summed E-state index contributed by atoms with van der Waals surface area (Å²) in [6, 6.07) is 14.7. The highest BCUT2D eigenvalue weighted by Gasteiger charge is 2.17. The van der Waals surface area contributed by atoms with E-state index in [0.717, 1.165) is 11.1 Å². The van der Waals surface area contributed by atoms with Gasteiger partial charge in [-0.1, -0.05) is 50.2 Å². The molecule has 156 valence electrons. The molecule has 2 aromatic carbocycles. The van der Waals surface area contributed by atoms with Crippen molar-refractivity contribution in [3.8, 4) is 11.5 Å². The number of methoxy groups -OCH3 is 1. The van der Waals surface area contributed by atoms with E-state index in [9.17, 15) is 9.59 Å². The number of amides is 2. The van der Waals surface area contributed by atoms with Crippen LogP contribution in [0.3, 0.4) is 0 Å². The molecular formula is C22H29N3O4. The molecule has 7 nitrogen and oxygen atoms in total. The lowest BCUT2D eigenvalue weighted by molar-refractivity contribution is -0.127.